The quantitative estimate of drug-likeness (QED) is 0.122. The number of hydrogen-bond donors (Lipinski definition) is 0. The minimum Gasteiger partial charge on any atom is -0.500 e. The molecule has 14 heterocycles. The molecular formula is C115H89Ir2N10S2+2. The van der Waals surface area contributed by atoms with Crippen LogP contribution in [0.2, 0.25) is 0 Å². The summed E-state index contributed by atoms with van der Waals surface area (Å²) < 4.78 is 68.3. The SMILES string of the molecule is C.Cc1cc[n+]2c(n1)-c1ccccc1C2.[2H]c1c[n+]2c(c([2H])c1[2H])-c1c([2H])c([2H])c([2H])c([2H])c1C2.[Ir+3].[Ir].[c-]1ccc2c(sc3ccccc32)c1-c1ccccn1.[c-]1ccccc1-c1ccccn1.[c-]1ccccc1-c1ccccn1.[c-]1ccccc1N1C=CN(c2ccccc2)[CH-]1.c1cc[n+]2c(c1)-c1c(ccc3c1sc1ccccc13)C2.c1ccc(-c2ccc3c(c2)-c2cccc[n+]2C3)cc1. The second-order valence-electron chi connectivity index (χ2n) is 30.0. The van der Waals surface area contributed by atoms with Gasteiger partial charge in [0.1, 0.15) is 6.54 Å². The number of aromatic nitrogens is 8. The van der Waals surface area contributed by atoms with E-state index in [4.69, 9.17) is 9.60 Å². The van der Waals surface area contributed by atoms with Crippen LogP contribution >= 0.6 is 22.7 Å². The molecule has 0 atom stereocenters. The van der Waals surface area contributed by atoms with Crippen LogP contribution in [0.1, 0.15) is 45.0 Å². The Hall–Kier alpha value is -14.3. The molecule has 627 valence electrons. The van der Waals surface area contributed by atoms with E-state index in [-0.39, 0.29) is 108 Å². The fraction of sp³-hybridized carbons (Fsp3) is 0.0522. The number of benzene rings is 12. The van der Waals surface area contributed by atoms with Gasteiger partial charge in [-0.2, -0.15) is 55.4 Å². The van der Waals surface area contributed by atoms with Gasteiger partial charge >= 0.3 is 25.9 Å². The van der Waals surface area contributed by atoms with Gasteiger partial charge in [-0.15, -0.1) is 119 Å². The van der Waals surface area contributed by atoms with Crippen molar-refractivity contribution < 1.29 is 68.1 Å². The van der Waals surface area contributed by atoms with Gasteiger partial charge in [-0.3, -0.25) is 0 Å². The topological polar surface area (TPSA) is 73.6 Å². The van der Waals surface area contributed by atoms with Crippen molar-refractivity contribution in [3.63, 3.8) is 0 Å². The third-order valence-corrected chi connectivity index (χ3v) is 24.3. The maximum absolute atomic E-state index is 7.97. The fourth-order valence-electron chi connectivity index (χ4n) is 15.8. The molecule has 0 saturated heterocycles. The van der Waals surface area contributed by atoms with Crippen LogP contribution in [-0.2, 0) is 66.4 Å². The Bertz CT molecular complexity index is 7600. The average molecular weight is 2070 g/mol. The largest absolute Gasteiger partial charge is 3.00 e. The molecule has 129 heavy (non-hydrogen) atoms. The maximum atomic E-state index is 7.97. The summed E-state index contributed by atoms with van der Waals surface area (Å²) in [5.41, 5.74) is 23.9. The molecule has 5 aliphatic rings. The zero-order valence-electron chi connectivity index (χ0n) is 76.5. The van der Waals surface area contributed by atoms with Crippen molar-refractivity contribution >= 4 is 74.4 Å². The van der Waals surface area contributed by atoms with Gasteiger partial charge < -0.3 is 24.8 Å². The van der Waals surface area contributed by atoms with Crippen molar-refractivity contribution in [1.29, 1.82) is 0 Å². The number of anilines is 2. The first-order valence-electron chi connectivity index (χ1n) is 45.1. The molecule has 21 aromatic rings. The van der Waals surface area contributed by atoms with Gasteiger partial charge in [-0.25, -0.2) is 4.57 Å². The van der Waals surface area contributed by atoms with Crippen molar-refractivity contribution in [3.8, 4) is 90.1 Å². The van der Waals surface area contributed by atoms with Crippen molar-refractivity contribution in [2.75, 3.05) is 9.80 Å². The monoisotopic (exact) mass is 2070 g/mol. The van der Waals surface area contributed by atoms with Crippen LogP contribution in [0.15, 0.2) is 444 Å². The summed E-state index contributed by atoms with van der Waals surface area (Å²) in [7, 11) is 0. The van der Waals surface area contributed by atoms with Gasteiger partial charge in [-0.05, 0) is 134 Å². The Morgan fingerprint density at radius 1 is 0.372 bits per heavy atom. The van der Waals surface area contributed by atoms with Crippen LogP contribution < -0.4 is 28.1 Å². The third-order valence-electron chi connectivity index (χ3n) is 21.9. The summed E-state index contributed by atoms with van der Waals surface area (Å²) in [6.07, 6.45) is 17.3. The van der Waals surface area contributed by atoms with Crippen molar-refractivity contribution in [2.24, 2.45) is 0 Å². The first kappa shape index (κ1) is 79.3. The first-order valence-corrected chi connectivity index (χ1v) is 43.2. The Labute approximate surface area is 799 Å². The maximum Gasteiger partial charge on any atom is 3.00 e. The Morgan fingerprint density at radius 3 is 1.60 bits per heavy atom. The molecule has 0 spiro atoms. The van der Waals surface area contributed by atoms with Gasteiger partial charge in [0.25, 0.3) is 0 Å². The number of nitrogens with zero attached hydrogens (tertiary/aromatic N) is 10. The molecule has 9 aromatic heterocycles. The number of fused-ring (bicyclic) bond motifs is 19. The van der Waals surface area contributed by atoms with Crippen molar-refractivity contribution in [1.82, 2.24) is 19.9 Å². The molecule has 0 unspecified atom stereocenters. The summed E-state index contributed by atoms with van der Waals surface area (Å²) in [5.74, 6) is 1.10. The molecule has 0 amide bonds. The van der Waals surface area contributed by atoms with Crippen molar-refractivity contribution in [3.05, 3.63) is 503 Å². The minimum atomic E-state index is -0.344. The molecule has 0 fully saturated rings. The summed E-state index contributed by atoms with van der Waals surface area (Å²) >= 11 is 3.73. The number of aryl methyl sites for hydroxylation is 1. The molecule has 10 nitrogen and oxygen atoms in total. The summed E-state index contributed by atoms with van der Waals surface area (Å²) in [6, 6.07) is 130. The molecule has 0 saturated carbocycles. The Kier molecular flexibility index (Phi) is 26.0. The zero-order chi connectivity index (χ0) is 90.7. The second-order valence-corrected chi connectivity index (χ2v) is 32.1. The van der Waals surface area contributed by atoms with Gasteiger partial charge in [0.15, 0.2) is 43.9 Å². The van der Waals surface area contributed by atoms with Crippen LogP contribution in [-0.4, -0.2) is 19.9 Å². The van der Waals surface area contributed by atoms with E-state index >= 15 is 0 Å². The van der Waals surface area contributed by atoms with E-state index in [1.807, 2.05) is 211 Å². The average Bonchev–Trinajstić information content (AvgIpc) is 1.58. The van der Waals surface area contributed by atoms with Crippen LogP contribution in [0.25, 0.3) is 130 Å². The molecule has 12 aromatic carbocycles. The van der Waals surface area contributed by atoms with E-state index in [9.17, 15) is 0 Å². The number of rotatable bonds is 6. The van der Waals surface area contributed by atoms with Crippen LogP contribution in [0.5, 0.6) is 0 Å². The third kappa shape index (κ3) is 20.2. The van der Waals surface area contributed by atoms with Gasteiger partial charge in [0.2, 0.25) is 17.1 Å². The summed E-state index contributed by atoms with van der Waals surface area (Å²) in [5, 5.41) is 5.38. The normalized spacial score (nSPS) is 12.4. The Balaban J connectivity index is 0.000000113. The van der Waals surface area contributed by atoms with Crippen molar-refractivity contribution in [2.45, 2.75) is 40.5 Å². The number of hydrogen-bond acceptors (Lipinski definition) is 8. The standard InChI is InChI=1S/C18H12NS.C18H14N.C17H10NS.C15H12N2.C12H11N2.C12H10N.2C11H8N.CH4.2Ir/c1-2-7-16-13(5-1)14-9-8-12-11-19-10-4-3-6-15(19)17(12)18(14)20-16;1-2-6-14(7-3-1)15-9-10-16-13-19-11-5-4-8-18(19)17(16)12-15;1-2-10-16-12(6-1)13-7-5-8-14(17(13)19-16)15-9-3-4-11-18-15;1-3-7-14(8-4-1)16-11-12-17(13-16)15-9-5-2-6-10-15;1-9-6-7-14-8-10-4-2-3-5-11(10)12(14)13-9;1-2-6-11-10(5-1)9-13-8-4-3-7-12(11)13;2*1-2-6-10(7-3-1)11-8-4-5-9-12-11;;;/h1-10H,11H2;1-12H,13H2;1-7,9-11H;1-9,11-13H;2-7H,8H2,1H3;1-8H,9H2;2*1-6,8-9H;1H4;;/q2*+1;-1;-2;2*+1;2*-1;;;+3/i;;;;;1D,2D,3D,4D,5D,6D,7D;;;;;. The number of thiophene rings is 2. The molecule has 1 radical (unpaired) electrons. The van der Waals surface area contributed by atoms with E-state index in [0.717, 1.165) is 76.3 Å². The molecule has 0 bridgehead atoms. The van der Waals surface area contributed by atoms with E-state index in [0.29, 0.717) is 5.56 Å². The van der Waals surface area contributed by atoms with Gasteiger partial charge in [-0.1, -0.05) is 195 Å². The fourth-order valence-corrected chi connectivity index (χ4v) is 18.3. The molecular weight excluding hydrogens is 1970 g/mol. The molecule has 14 heteroatoms. The number of para-hydroxylation sites is 2. The second kappa shape index (κ2) is 42.3. The van der Waals surface area contributed by atoms with Gasteiger partial charge in [0, 0.05) is 141 Å². The van der Waals surface area contributed by atoms with Gasteiger partial charge in [0.05, 0.1) is 38.0 Å². The minimum absolute atomic E-state index is 0. The van der Waals surface area contributed by atoms with Crippen LogP contribution in [0.3, 0.4) is 0 Å². The predicted molar refractivity (Wildman–Crippen MR) is 521 cm³/mol. The smallest absolute Gasteiger partial charge is 0.500 e. The van der Waals surface area contributed by atoms with Crippen LogP contribution in [0, 0.1) is 37.9 Å². The summed E-state index contributed by atoms with van der Waals surface area (Å²) in [4.78, 5) is 21.6. The molecule has 0 aliphatic carbocycles. The zero-order valence-corrected chi connectivity index (χ0v) is 75.9. The first-order chi connectivity index (χ1) is 65.3. The van der Waals surface area contributed by atoms with E-state index < -0.39 is 0 Å². The summed E-state index contributed by atoms with van der Waals surface area (Å²) in [6.45, 7) is 7.21. The molecule has 5 aliphatic heterocycles. The van der Waals surface area contributed by atoms with E-state index in [1.165, 1.54) is 102 Å². The van der Waals surface area contributed by atoms with E-state index in [1.54, 1.807) is 17.0 Å². The predicted octanol–water partition coefficient (Wildman–Crippen LogP) is 25.8. The molecule has 0 N–H and O–H groups in total. The number of pyridine rings is 6. The Morgan fingerprint density at radius 2 is 0.915 bits per heavy atom. The molecule has 26 rings (SSSR count). The van der Waals surface area contributed by atoms with Crippen LogP contribution in [0.4, 0.5) is 11.4 Å². The van der Waals surface area contributed by atoms with E-state index in [2.05, 4.69) is 276 Å².